The topological polar surface area (TPSA) is 49.3 Å². The van der Waals surface area contributed by atoms with E-state index >= 15 is 0 Å². The summed E-state index contributed by atoms with van der Waals surface area (Å²) in [5.41, 5.74) is 0.737. The highest BCUT2D eigenvalue weighted by atomic mass is 79.9. The predicted molar refractivity (Wildman–Crippen MR) is 78.9 cm³/mol. The second kappa shape index (κ2) is 5.63. The number of hydrogen-bond donors (Lipinski definition) is 2. The van der Waals surface area contributed by atoms with Crippen molar-refractivity contribution < 1.29 is 9.90 Å². The molecule has 4 heteroatoms. The van der Waals surface area contributed by atoms with Gasteiger partial charge in [0.2, 0.25) is 5.91 Å². The van der Waals surface area contributed by atoms with Gasteiger partial charge < -0.3 is 10.4 Å². The summed E-state index contributed by atoms with van der Waals surface area (Å²) in [5.74, 6) is 0.160. The fourth-order valence-electron chi connectivity index (χ4n) is 2.19. The van der Waals surface area contributed by atoms with E-state index in [0.717, 1.165) is 22.9 Å². The summed E-state index contributed by atoms with van der Waals surface area (Å²) in [6.45, 7) is 3.97. The molecule has 2 rings (SSSR count). The van der Waals surface area contributed by atoms with Crippen LogP contribution < -0.4 is 5.32 Å². The molecule has 19 heavy (non-hydrogen) atoms. The van der Waals surface area contributed by atoms with Crippen molar-refractivity contribution in [3.63, 3.8) is 0 Å². The minimum atomic E-state index is -0.343. The van der Waals surface area contributed by atoms with E-state index in [2.05, 4.69) is 21.2 Å². The van der Waals surface area contributed by atoms with Crippen molar-refractivity contribution >= 4 is 21.8 Å². The van der Waals surface area contributed by atoms with Gasteiger partial charge in [-0.1, -0.05) is 35.0 Å². The Balaban J connectivity index is 2.08. The largest absolute Gasteiger partial charge is 0.396 e. The minimum absolute atomic E-state index is 0.00887. The van der Waals surface area contributed by atoms with Crippen LogP contribution in [0.5, 0.6) is 0 Å². The highest BCUT2D eigenvalue weighted by Crippen LogP contribution is 2.48. The van der Waals surface area contributed by atoms with Crippen LogP contribution in [-0.2, 0) is 10.2 Å². The Morgan fingerprint density at radius 1 is 1.37 bits per heavy atom. The van der Waals surface area contributed by atoms with Crippen LogP contribution in [0.1, 0.15) is 32.3 Å². The molecule has 0 heterocycles. The summed E-state index contributed by atoms with van der Waals surface area (Å²) in [7, 11) is 0. The van der Waals surface area contributed by atoms with Crippen LogP contribution in [0.2, 0.25) is 0 Å². The third-order valence-corrected chi connectivity index (χ3v) is 4.61. The highest BCUT2D eigenvalue weighted by Gasteiger charge is 2.51. The third-order valence-electron chi connectivity index (χ3n) is 4.08. The van der Waals surface area contributed by atoms with Gasteiger partial charge in [-0.3, -0.25) is 4.79 Å². The molecular formula is C15H20BrNO2. The Morgan fingerprint density at radius 2 is 1.95 bits per heavy atom. The van der Waals surface area contributed by atoms with Crippen molar-refractivity contribution in [2.24, 2.45) is 5.92 Å². The average Bonchev–Trinajstić information content (AvgIpc) is 3.20. The normalized spacial score (nSPS) is 19.6. The number of halogens is 1. The smallest absolute Gasteiger partial charge is 0.230 e. The van der Waals surface area contributed by atoms with E-state index in [0.29, 0.717) is 0 Å². The van der Waals surface area contributed by atoms with E-state index in [4.69, 9.17) is 5.11 Å². The highest BCUT2D eigenvalue weighted by molar-refractivity contribution is 9.10. The molecule has 2 atom stereocenters. The van der Waals surface area contributed by atoms with Crippen LogP contribution in [0.15, 0.2) is 28.7 Å². The van der Waals surface area contributed by atoms with Gasteiger partial charge in [0.1, 0.15) is 0 Å². The van der Waals surface area contributed by atoms with E-state index in [1.807, 2.05) is 38.1 Å². The maximum absolute atomic E-state index is 12.4. The van der Waals surface area contributed by atoms with E-state index in [1.165, 1.54) is 0 Å². The first-order chi connectivity index (χ1) is 8.99. The zero-order valence-electron chi connectivity index (χ0n) is 11.3. The first-order valence-electron chi connectivity index (χ1n) is 6.67. The van der Waals surface area contributed by atoms with Gasteiger partial charge in [-0.25, -0.2) is 0 Å². The van der Waals surface area contributed by atoms with Crippen LogP contribution in [0.25, 0.3) is 0 Å². The summed E-state index contributed by atoms with van der Waals surface area (Å²) in [5, 5.41) is 12.2. The van der Waals surface area contributed by atoms with E-state index in [9.17, 15) is 4.79 Å². The summed E-state index contributed by atoms with van der Waals surface area (Å²) < 4.78 is 1.02. The molecule has 3 nitrogen and oxygen atoms in total. The van der Waals surface area contributed by atoms with Gasteiger partial charge >= 0.3 is 0 Å². The van der Waals surface area contributed by atoms with Crippen molar-refractivity contribution in [1.82, 2.24) is 5.32 Å². The molecule has 1 saturated carbocycles. The summed E-state index contributed by atoms with van der Waals surface area (Å²) in [6, 6.07) is 7.96. The Bertz CT molecular complexity index is 454. The zero-order valence-corrected chi connectivity index (χ0v) is 12.9. The third kappa shape index (κ3) is 3.00. The Labute approximate surface area is 122 Å². The molecule has 1 aromatic carbocycles. The quantitative estimate of drug-likeness (QED) is 0.874. The molecule has 0 radical (unpaired) electrons. The van der Waals surface area contributed by atoms with Gasteiger partial charge in [0.25, 0.3) is 0 Å². The molecule has 0 aliphatic heterocycles. The first-order valence-corrected chi connectivity index (χ1v) is 7.47. The number of benzene rings is 1. The van der Waals surface area contributed by atoms with Crippen LogP contribution in [0, 0.1) is 5.92 Å². The number of hydrogen-bond acceptors (Lipinski definition) is 2. The minimum Gasteiger partial charge on any atom is -0.396 e. The standard InChI is InChI=1S/C15H20BrNO2/c1-10(9-18)11(2)17-14(19)15(7-8-15)12-3-5-13(16)6-4-12/h3-6,10-11,18H,7-9H2,1-2H3,(H,17,19). The number of nitrogens with one attached hydrogen (secondary N) is 1. The van der Waals surface area contributed by atoms with Crippen LogP contribution in [0.4, 0.5) is 0 Å². The fraction of sp³-hybridized carbons (Fsp3) is 0.533. The summed E-state index contributed by atoms with van der Waals surface area (Å²) in [4.78, 5) is 12.4. The molecular weight excluding hydrogens is 306 g/mol. The maximum atomic E-state index is 12.4. The zero-order chi connectivity index (χ0) is 14.0. The van der Waals surface area contributed by atoms with Crippen LogP contribution in [-0.4, -0.2) is 23.7 Å². The number of amides is 1. The molecule has 2 unspecified atom stereocenters. The first kappa shape index (κ1) is 14.5. The van der Waals surface area contributed by atoms with Gasteiger partial charge in [0.05, 0.1) is 5.41 Å². The second-order valence-electron chi connectivity index (χ2n) is 5.51. The van der Waals surface area contributed by atoms with E-state index < -0.39 is 0 Å². The van der Waals surface area contributed by atoms with E-state index in [1.54, 1.807) is 0 Å². The molecule has 0 saturated heterocycles. The maximum Gasteiger partial charge on any atom is 0.230 e. The van der Waals surface area contributed by atoms with Crippen molar-refractivity contribution in [3.8, 4) is 0 Å². The summed E-state index contributed by atoms with van der Waals surface area (Å²) >= 11 is 3.41. The Morgan fingerprint density at radius 3 is 2.42 bits per heavy atom. The lowest BCUT2D eigenvalue weighted by Crippen LogP contribution is -2.43. The van der Waals surface area contributed by atoms with Crippen molar-refractivity contribution in [3.05, 3.63) is 34.3 Å². The number of carbonyl (C=O) groups is 1. The van der Waals surface area contributed by atoms with Gasteiger partial charge in [-0.05, 0) is 43.4 Å². The molecule has 1 fully saturated rings. The molecule has 1 aliphatic carbocycles. The average molecular weight is 326 g/mol. The predicted octanol–water partition coefficient (Wildman–Crippen LogP) is 2.61. The molecule has 2 N–H and O–H groups in total. The van der Waals surface area contributed by atoms with Gasteiger partial charge in [-0.15, -0.1) is 0 Å². The number of carbonyl (C=O) groups excluding carboxylic acids is 1. The molecule has 1 aliphatic rings. The second-order valence-corrected chi connectivity index (χ2v) is 6.43. The van der Waals surface area contributed by atoms with Crippen molar-refractivity contribution in [2.75, 3.05) is 6.61 Å². The number of aliphatic hydroxyl groups is 1. The van der Waals surface area contributed by atoms with Gasteiger partial charge in [-0.2, -0.15) is 0 Å². The van der Waals surface area contributed by atoms with Crippen molar-refractivity contribution in [2.45, 2.75) is 38.1 Å². The molecule has 104 valence electrons. The molecule has 1 aromatic rings. The Hall–Kier alpha value is -0.870. The van der Waals surface area contributed by atoms with Crippen molar-refractivity contribution in [1.29, 1.82) is 0 Å². The van der Waals surface area contributed by atoms with E-state index in [-0.39, 0.29) is 29.9 Å². The van der Waals surface area contributed by atoms with Gasteiger partial charge in [0, 0.05) is 17.1 Å². The summed E-state index contributed by atoms with van der Waals surface area (Å²) in [6.07, 6.45) is 1.81. The lowest BCUT2D eigenvalue weighted by atomic mass is 9.94. The molecule has 0 aromatic heterocycles. The number of aliphatic hydroxyl groups excluding tert-OH is 1. The monoisotopic (exact) mass is 325 g/mol. The number of rotatable bonds is 5. The Kier molecular flexibility index (Phi) is 4.31. The van der Waals surface area contributed by atoms with Crippen LogP contribution in [0.3, 0.4) is 0 Å². The SMILES string of the molecule is CC(CO)C(C)NC(=O)C1(c2ccc(Br)cc2)CC1. The lowest BCUT2D eigenvalue weighted by molar-refractivity contribution is -0.124. The molecule has 0 bridgehead atoms. The molecule has 0 spiro atoms. The van der Waals surface area contributed by atoms with Crippen LogP contribution >= 0.6 is 15.9 Å². The lowest BCUT2D eigenvalue weighted by Gasteiger charge is -2.23. The van der Waals surface area contributed by atoms with Gasteiger partial charge in [0.15, 0.2) is 0 Å². The molecule has 1 amide bonds. The fourth-order valence-corrected chi connectivity index (χ4v) is 2.45.